The molecule has 125 heavy (non-hydrogen) atoms. The minimum atomic E-state index is -1.28. The van der Waals surface area contributed by atoms with Gasteiger partial charge in [0.1, 0.15) is 6.04 Å². The number of esters is 2. The topological polar surface area (TPSA) is 326 Å². The van der Waals surface area contributed by atoms with Crippen molar-refractivity contribution in [1.82, 2.24) is 54.0 Å². The average molecular weight is 1750 g/mol. The van der Waals surface area contributed by atoms with Crippen molar-refractivity contribution in [3.05, 3.63) is 229 Å². The predicted octanol–water partition coefficient (Wildman–Crippen LogP) is 16.6. The summed E-state index contributed by atoms with van der Waals surface area (Å²) >= 11 is 0. The molecule has 9 heterocycles. The third kappa shape index (κ3) is 21.1. The third-order valence-electron chi connectivity index (χ3n) is 28.0. The van der Waals surface area contributed by atoms with Crippen LogP contribution in [0.1, 0.15) is 296 Å². The highest BCUT2D eigenvalue weighted by Gasteiger charge is 2.49. The second kappa shape index (κ2) is 43.5. The predicted molar refractivity (Wildman–Crippen MR) is 487 cm³/mol. The first kappa shape index (κ1) is 92.6. The molecular weight excluding hydrogens is 1620 g/mol. The normalized spacial score (nSPS) is 23.9. The number of nitrogens with zero attached hydrogens (tertiary/aromatic N) is 9. The van der Waals surface area contributed by atoms with Gasteiger partial charge in [-0.05, 0) is 169 Å². The van der Waals surface area contributed by atoms with Crippen molar-refractivity contribution in [2.75, 3.05) is 14.2 Å². The Morgan fingerprint density at radius 3 is 0.904 bits per heavy atom. The summed E-state index contributed by atoms with van der Waals surface area (Å²) in [5, 5.41) is 24.7. The molecule has 3 saturated carbocycles. The standard InChI is InChI=1S/C33H40N4O4.C32H38N4O4.C24H31N3O3.C9H11NO2.2ClH/c1-41-33(40)29(22-12-6-5-7-13-22)35-31(38)30-32(39)37(28-17-11-10-16-27(28)34-30)26-20-24-18-19-25(21-26)36(24)23-14-8-3-2-4-9-15-23;37-30(34-28(32(39)40)21-11-5-4-6-12-21)29-31(38)36(27-16-10-9-15-26(27)33-29)25-19-23-17-18-24(20-25)35(23)22-13-7-2-1-3-8-14-22;28-23-22(24(29)30)25-20-10-6-7-11-21(20)27(23)19-14-17-12-13-18(15-19)26(17)16-8-4-2-1-3-5-9-16;1-12-9(11)8(10)7-5-3-2-4-6-7;;/h5-7,10-13,16-17,23-26,29H,2-4,8-9,14-15,18-21H2,1H3,(H,35,38);4-6,9-12,15-16,22-25,28H,1-3,7-8,13-14,17-20H2,(H,34,37)(H,39,40);6-7,10-11,16-19H,1-5,8-9,12-15H2,(H,29,30);2-6,8H,10H2,1H3;2*1H/t24-,25+,26?,29-;23-,24+,25?,28-;17-,18+,19?;8-;;/m00.0../s1. The number of fused-ring (bicyclic) bond motifs is 9. The Bertz CT molecular complexity index is 5330. The Morgan fingerprint density at radius 2 is 0.600 bits per heavy atom. The number of para-hydroxylation sites is 6. The molecule has 9 fully saturated rings. The molecule has 3 aliphatic carbocycles. The number of nitrogens with one attached hydrogen (secondary N) is 2. The molecule has 6 aromatic carbocycles. The summed E-state index contributed by atoms with van der Waals surface area (Å²) in [6.45, 7) is 0. The van der Waals surface area contributed by atoms with Gasteiger partial charge in [-0.2, -0.15) is 0 Å². The second-order valence-electron chi connectivity index (χ2n) is 35.5. The number of carboxylic acid groups (broad SMARTS) is 2. The molecule has 6 saturated heterocycles. The van der Waals surface area contributed by atoms with Crippen molar-refractivity contribution < 1.29 is 48.5 Å². The number of hydrogen-bond acceptors (Lipinski definition) is 18. The van der Waals surface area contributed by atoms with Crippen LogP contribution in [0.2, 0.25) is 0 Å². The highest BCUT2D eigenvalue weighted by molar-refractivity contribution is 5.98. The smallest absolute Gasteiger partial charge is 0.360 e. The maximum Gasteiger partial charge on any atom is 0.360 e. The quantitative estimate of drug-likeness (QED) is 0.0529. The van der Waals surface area contributed by atoms with Crippen LogP contribution < -0.4 is 33.0 Å². The van der Waals surface area contributed by atoms with E-state index in [1.807, 2.05) is 95.6 Å². The number of carbonyl (C=O) groups excluding carboxylic acids is 4. The van der Waals surface area contributed by atoms with E-state index >= 15 is 0 Å². The number of carbonyl (C=O) groups is 6. The fourth-order valence-electron chi connectivity index (χ4n) is 22.5. The summed E-state index contributed by atoms with van der Waals surface area (Å²) in [5.41, 5.74) is 9.24. The number of rotatable bonds is 17. The molecule has 25 nitrogen and oxygen atoms in total. The maximum atomic E-state index is 14.1. The lowest BCUT2D eigenvalue weighted by Gasteiger charge is -2.45. The summed E-state index contributed by atoms with van der Waals surface area (Å²) in [5.74, 6) is -4.90. The van der Waals surface area contributed by atoms with E-state index in [0.717, 1.165) is 73.5 Å². The van der Waals surface area contributed by atoms with Gasteiger partial charge in [-0.3, -0.25) is 43.5 Å². The van der Waals surface area contributed by atoms with Gasteiger partial charge in [-0.1, -0.05) is 224 Å². The van der Waals surface area contributed by atoms with Crippen LogP contribution in [-0.4, -0.2) is 158 Å². The van der Waals surface area contributed by atoms with Crippen LogP contribution in [0, 0.1) is 0 Å². The van der Waals surface area contributed by atoms with Crippen molar-refractivity contribution in [3.63, 3.8) is 0 Å². The molecule has 6 bridgehead atoms. The molecule has 666 valence electrons. The molecule has 2 amide bonds. The number of ether oxygens (including phenoxy) is 2. The summed E-state index contributed by atoms with van der Waals surface area (Å²) in [4.78, 5) is 137. The molecule has 18 rings (SSSR count). The van der Waals surface area contributed by atoms with Crippen molar-refractivity contribution in [1.29, 1.82) is 0 Å². The molecule has 6 aliphatic heterocycles. The van der Waals surface area contributed by atoms with Gasteiger partial charge >= 0.3 is 23.9 Å². The zero-order valence-corrected chi connectivity index (χ0v) is 73.5. The maximum absolute atomic E-state index is 14.1. The Kier molecular flexibility index (Phi) is 32.2. The molecule has 0 spiro atoms. The van der Waals surface area contributed by atoms with E-state index in [9.17, 15) is 53.4 Å². The molecule has 6 N–H and O–H groups in total. The Labute approximate surface area is 742 Å². The Hall–Kier alpha value is -10.0. The molecule has 0 radical (unpaired) electrons. The number of amides is 2. The summed E-state index contributed by atoms with van der Waals surface area (Å²) in [7, 11) is 2.61. The van der Waals surface area contributed by atoms with Crippen molar-refractivity contribution in [2.24, 2.45) is 5.73 Å². The number of benzene rings is 6. The van der Waals surface area contributed by atoms with Crippen LogP contribution in [-0.2, 0) is 23.9 Å². The monoisotopic (exact) mass is 1740 g/mol. The van der Waals surface area contributed by atoms with Gasteiger partial charge in [-0.15, -0.1) is 24.8 Å². The molecule has 9 aliphatic rings. The molecule has 9 aromatic rings. The van der Waals surface area contributed by atoms with Crippen LogP contribution in [0.4, 0.5) is 0 Å². The summed E-state index contributed by atoms with van der Waals surface area (Å²) in [6.07, 6.45) is 40.2. The van der Waals surface area contributed by atoms with Gasteiger partial charge in [0.25, 0.3) is 28.5 Å². The van der Waals surface area contributed by atoms with E-state index in [2.05, 4.69) is 45.0 Å². The van der Waals surface area contributed by atoms with Crippen LogP contribution in [0.3, 0.4) is 0 Å². The van der Waals surface area contributed by atoms with Crippen LogP contribution in [0.5, 0.6) is 0 Å². The number of halogens is 2. The largest absolute Gasteiger partial charge is 0.479 e. The number of aliphatic carboxylic acids is 1. The lowest BCUT2D eigenvalue weighted by atomic mass is 9.89. The summed E-state index contributed by atoms with van der Waals surface area (Å²) < 4.78 is 14.8. The number of aromatic carboxylic acids is 1. The lowest BCUT2D eigenvalue weighted by molar-refractivity contribution is -0.143. The minimum absolute atomic E-state index is 0. The van der Waals surface area contributed by atoms with E-state index in [1.54, 1.807) is 81.9 Å². The molecule has 3 aromatic heterocycles. The third-order valence-corrected chi connectivity index (χ3v) is 28.0. The highest BCUT2D eigenvalue weighted by atomic mass is 35.5. The number of nitrogens with two attached hydrogens (primary N) is 1. The Morgan fingerprint density at radius 1 is 0.336 bits per heavy atom. The number of hydrogen-bond donors (Lipinski definition) is 5. The zero-order valence-electron chi connectivity index (χ0n) is 71.9. The number of methoxy groups -OCH3 is 2. The van der Waals surface area contributed by atoms with E-state index < -0.39 is 70.5 Å². The van der Waals surface area contributed by atoms with Gasteiger partial charge in [-0.25, -0.2) is 29.3 Å². The number of aromatic nitrogens is 6. The van der Waals surface area contributed by atoms with Gasteiger partial charge in [0.2, 0.25) is 5.69 Å². The summed E-state index contributed by atoms with van der Waals surface area (Å²) in [6, 6.07) is 50.8. The van der Waals surface area contributed by atoms with Crippen molar-refractivity contribution in [3.8, 4) is 0 Å². The van der Waals surface area contributed by atoms with Crippen LogP contribution in [0.15, 0.2) is 178 Å². The van der Waals surface area contributed by atoms with Crippen molar-refractivity contribution >= 4 is 93.6 Å². The Balaban J connectivity index is 0.000000151. The van der Waals surface area contributed by atoms with E-state index in [0.29, 0.717) is 82.1 Å². The van der Waals surface area contributed by atoms with Crippen LogP contribution in [0.25, 0.3) is 33.1 Å². The molecule has 3 unspecified atom stereocenters. The van der Waals surface area contributed by atoms with Crippen molar-refractivity contribution in [2.45, 2.75) is 303 Å². The first-order valence-electron chi connectivity index (χ1n) is 45.4. The van der Waals surface area contributed by atoms with E-state index in [-0.39, 0.29) is 60.0 Å². The highest BCUT2D eigenvalue weighted by Crippen LogP contribution is 2.48. The van der Waals surface area contributed by atoms with Gasteiger partial charge in [0.05, 0.1) is 47.3 Å². The van der Waals surface area contributed by atoms with E-state index in [1.165, 1.54) is 175 Å². The first-order valence-corrected chi connectivity index (χ1v) is 45.4. The van der Waals surface area contributed by atoms with E-state index in [4.69, 9.17) is 10.5 Å². The SMILES string of the molecule is COC(=O)[C@@H](N)c1ccccc1.COC(=O)[C@@H](NC(=O)c1nc2ccccc2n(C2C[C@H]3CC[C@@H](C2)N3C2CCCCCCC2)c1=O)c1ccccc1.Cl.Cl.O=C(N[C@H](C(=O)O)c1ccccc1)c1nc2ccccc2n(C2C[C@H]3CC[C@@H](C2)N3C2CCCCCCC2)c1=O.O=C(O)c1nc2ccccc2n(C2C[C@H]3CC[C@@H](C2)N3C2CCCCCCC2)c1=O. The molecule has 12 atom stereocenters. The minimum Gasteiger partial charge on any atom is -0.479 e. The van der Waals surface area contributed by atoms with Gasteiger partial charge < -0.3 is 49.8 Å². The molecule has 27 heteroatoms. The van der Waals surface area contributed by atoms with Gasteiger partial charge in [0, 0.05) is 72.5 Å². The fourth-order valence-corrected chi connectivity index (χ4v) is 22.5. The first-order chi connectivity index (χ1) is 59.9. The second-order valence-corrected chi connectivity index (χ2v) is 35.5. The number of piperidine rings is 3. The zero-order chi connectivity index (χ0) is 85.6. The average Bonchev–Trinajstić information content (AvgIpc) is 1.73. The van der Waals surface area contributed by atoms with Gasteiger partial charge in [0.15, 0.2) is 23.5 Å². The fraction of sp³-hybridized carbons (Fsp3) is 0.510. The molecular formula is C98H122Cl2N12O13. The lowest BCUT2D eigenvalue weighted by Crippen LogP contribution is -2.50. The number of carboxylic acids is 2. The van der Waals surface area contributed by atoms with Crippen LogP contribution >= 0.6 is 24.8 Å².